The second-order valence-corrected chi connectivity index (χ2v) is 8.54. The Morgan fingerprint density at radius 3 is 2.72 bits per heavy atom. The van der Waals surface area contributed by atoms with Crippen molar-refractivity contribution in [1.82, 2.24) is 9.88 Å². The molecule has 0 unspecified atom stereocenters. The number of hydrogen-bond acceptors (Lipinski definition) is 6. The molecule has 2 heterocycles. The molecule has 2 aromatic rings. The van der Waals surface area contributed by atoms with Crippen LogP contribution in [0.25, 0.3) is 10.9 Å². The Morgan fingerprint density at radius 1 is 1.34 bits per heavy atom. The lowest BCUT2D eigenvalue weighted by Crippen LogP contribution is -2.35. The van der Waals surface area contributed by atoms with Crippen LogP contribution in [0.1, 0.15) is 46.1 Å². The van der Waals surface area contributed by atoms with Crippen LogP contribution in [-0.2, 0) is 0 Å². The molecule has 4 rings (SSSR count). The van der Waals surface area contributed by atoms with Crippen LogP contribution in [0.2, 0.25) is 0 Å². The number of hydrogen-bond donors (Lipinski definition) is 2. The topological polar surface area (TPSA) is 93.0 Å². The van der Waals surface area contributed by atoms with E-state index in [0.717, 1.165) is 25.8 Å². The molecule has 1 aromatic heterocycles. The zero-order valence-electron chi connectivity index (χ0n) is 18.7. The van der Waals surface area contributed by atoms with Gasteiger partial charge in [0.25, 0.3) is 0 Å². The van der Waals surface area contributed by atoms with Gasteiger partial charge in [0.2, 0.25) is 5.43 Å². The van der Waals surface area contributed by atoms with E-state index in [1.54, 1.807) is 0 Å². The SMILES string of the molecule is CCN[C@@H](C)[C@@H]1CCN(c2c(F)cc3c(=O)c(OC(=O)O)cn(C4CC4)c3c2OCC)C1. The van der Waals surface area contributed by atoms with Crippen molar-refractivity contribution in [3.63, 3.8) is 0 Å². The first-order valence-electron chi connectivity index (χ1n) is 11.3. The van der Waals surface area contributed by atoms with Gasteiger partial charge in [-0.1, -0.05) is 6.92 Å². The lowest BCUT2D eigenvalue weighted by Gasteiger charge is -2.26. The fourth-order valence-corrected chi connectivity index (χ4v) is 4.69. The third kappa shape index (κ3) is 4.13. The minimum Gasteiger partial charge on any atom is -0.489 e. The van der Waals surface area contributed by atoms with Gasteiger partial charge in [0.05, 0.1) is 23.7 Å². The number of halogens is 1. The Morgan fingerprint density at radius 2 is 2.09 bits per heavy atom. The molecule has 32 heavy (non-hydrogen) atoms. The second-order valence-electron chi connectivity index (χ2n) is 8.54. The first-order chi connectivity index (χ1) is 15.3. The molecule has 1 aliphatic heterocycles. The Labute approximate surface area is 185 Å². The van der Waals surface area contributed by atoms with E-state index in [1.807, 2.05) is 16.4 Å². The number of nitrogens with zero attached hydrogens (tertiary/aromatic N) is 2. The summed E-state index contributed by atoms with van der Waals surface area (Å²) in [7, 11) is 0. The molecule has 2 fully saturated rings. The van der Waals surface area contributed by atoms with Gasteiger partial charge in [-0.25, -0.2) is 9.18 Å². The first-order valence-corrected chi connectivity index (χ1v) is 11.3. The lowest BCUT2D eigenvalue weighted by molar-refractivity contribution is 0.143. The number of rotatable bonds is 8. The number of ether oxygens (including phenoxy) is 2. The summed E-state index contributed by atoms with van der Waals surface area (Å²) >= 11 is 0. The summed E-state index contributed by atoms with van der Waals surface area (Å²) in [6.07, 6.45) is 2.53. The molecule has 2 N–H and O–H groups in total. The summed E-state index contributed by atoms with van der Waals surface area (Å²) < 4.78 is 28.0. The van der Waals surface area contributed by atoms with Crippen LogP contribution in [-0.4, -0.2) is 48.1 Å². The minimum absolute atomic E-state index is 0.0668. The highest BCUT2D eigenvalue weighted by atomic mass is 19.1. The van der Waals surface area contributed by atoms with E-state index in [9.17, 15) is 9.59 Å². The number of benzene rings is 1. The van der Waals surface area contributed by atoms with E-state index in [0.29, 0.717) is 48.6 Å². The Bertz CT molecular complexity index is 1080. The van der Waals surface area contributed by atoms with Crippen LogP contribution >= 0.6 is 0 Å². The van der Waals surface area contributed by atoms with Gasteiger partial charge in [-0.2, -0.15) is 0 Å². The maximum absolute atomic E-state index is 15.5. The largest absolute Gasteiger partial charge is 0.511 e. The summed E-state index contributed by atoms with van der Waals surface area (Å²) in [6, 6.07) is 1.60. The highest BCUT2D eigenvalue weighted by Crippen LogP contribution is 2.45. The number of carboxylic acid groups (broad SMARTS) is 1. The van der Waals surface area contributed by atoms with Crippen molar-refractivity contribution >= 4 is 22.7 Å². The van der Waals surface area contributed by atoms with Gasteiger partial charge in [-0.15, -0.1) is 0 Å². The summed E-state index contributed by atoms with van der Waals surface area (Å²) in [5.74, 6) is -0.168. The molecule has 0 spiro atoms. The van der Waals surface area contributed by atoms with E-state index in [4.69, 9.17) is 14.6 Å². The number of fused-ring (bicyclic) bond motifs is 1. The molecular weight excluding hydrogens is 417 g/mol. The molecule has 0 amide bonds. The van der Waals surface area contributed by atoms with Gasteiger partial charge in [0, 0.05) is 25.2 Å². The van der Waals surface area contributed by atoms with E-state index in [1.165, 1.54) is 12.3 Å². The van der Waals surface area contributed by atoms with Crippen LogP contribution in [0.15, 0.2) is 17.1 Å². The van der Waals surface area contributed by atoms with E-state index in [-0.39, 0.29) is 17.2 Å². The molecule has 9 heteroatoms. The monoisotopic (exact) mass is 447 g/mol. The maximum Gasteiger partial charge on any atom is 0.511 e. The Hall–Kier alpha value is -2.81. The molecule has 8 nitrogen and oxygen atoms in total. The highest BCUT2D eigenvalue weighted by Gasteiger charge is 2.34. The number of pyridine rings is 1. The average molecular weight is 448 g/mol. The van der Waals surface area contributed by atoms with Gasteiger partial charge in [-0.05, 0) is 51.6 Å². The van der Waals surface area contributed by atoms with Crippen molar-refractivity contribution in [3.05, 3.63) is 28.3 Å². The summed E-state index contributed by atoms with van der Waals surface area (Å²) in [4.78, 5) is 26.0. The van der Waals surface area contributed by atoms with Gasteiger partial charge >= 0.3 is 6.16 Å². The quantitative estimate of drug-likeness (QED) is 0.595. The zero-order chi connectivity index (χ0) is 23.0. The van der Waals surface area contributed by atoms with E-state index in [2.05, 4.69) is 19.2 Å². The molecule has 1 aliphatic carbocycles. The van der Waals surface area contributed by atoms with Crippen molar-refractivity contribution in [2.75, 3.05) is 31.1 Å². The average Bonchev–Trinajstić information content (AvgIpc) is 3.47. The normalized spacial score (nSPS) is 19.4. The number of carbonyl (C=O) groups is 1. The minimum atomic E-state index is -1.58. The van der Waals surface area contributed by atoms with Crippen molar-refractivity contribution in [1.29, 1.82) is 0 Å². The molecule has 2 aliphatic rings. The van der Waals surface area contributed by atoms with Crippen LogP contribution in [0, 0.1) is 11.7 Å². The highest BCUT2D eigenvalue weighted by molar-refractivity contribution is 5.92. The van der Waals surface area contributed by atoms with Crippen molar-refractivity contribution in [3.8, 4) is 11.5 Å². The fourth-order valence-electron chi connectivity index (χ4n) is 4.69. The molecule has 1 saturated carbocycles. The standard InChI is InChI=1S/C23H30FN3O5/c1-4-25-13(3)14-8-9-26(11-14)20-17(24)10-16-19(22(20)31-5-2)27(15-6-7-15)12-18(21(16)28)32-23(29)30/h10,12-15,25H,4-9,11H2,1-3H3,(H,29,30)/t13-,14+/m0/s1. The van der Waals surface area contributed by atoms with Crippen LogP contribution in [0.3, 0.4) is 0 Å². The van der Waals surface area contributed by atoms with Gasteiger partial charge in [-0.3, -0.25) is 4.79 Å². The molecular formula is C23H30FN3O5. The van der Waals surface area contributed by atoms with E-state index >= 15 is 4.39 Å². The third-order valence-corrected chi connectivity index (χ3v) is 6.37. The molecule has 174 valence electrons. The van der Waals surface area contributed by atoms with E-state index < -0.39 is 17.4 Å². The van der Waals surface area contributed by atoms with Gasteiger partial charge in [0.15, 0.2) is 17.3 Å². The maximum atomic E-state index is 15.5. The smallest absolute Gasteiger partial charge is 0.489 e. The van der Waals surface area contributed by atoms with Crippen LogP contribution in [0.4, 0.5) is 14.9 Å². The Balaban J connectivity index is 1.87. The van der Waals surface area contributed by atoms with Crippen LogP contribution < -0.4 is 25.1 Å². The predicted octanol–water partition coefficient (Wildman–Crippen LogP) is 3.76. The molecule has 0 bridgehead atoms. The predicted molar refractivity (Wildman–Crippen MR) is 120 cm³/mol. The number of nitrogens with one attached hydrogen (secondary N) is 1. The third-order valence-electron chi connectivity index (χ3n) is 6.37. The lowest BCUT2D eigenvalue weighted by atomic mass is 10.0. The number of anilines is 1. The molecule has 1 saturated heterocycles. The summed E-state index contributed by atoms with van der Waals surface area (Å²) in [6.45, 7) is 8.60. The van der Waals surface area contributed by atoms with Crippen LogP contribution in [0.5, 0.6) is 11.5 Å². The van der Waals surface area contributed by atoms with Crippen molar-refractivity contribution in [2.24, 2.45) is 5.92 Å². The zero-order valence-corrected chi connectivity index (χ0v) is 18.7. The van der Waals surface area contributed by atoms with Crippen molar-refractivity contribution < 1.29 is 23.8 Å². The first kappa shape index (κ1) is 22.4. The molecule has 1 aromatic carbocycles. The second kappa shape index (κ2) is 8.97. The Kier molecular flexibility index (Phi) is 6.28. The molecule has 0 radical (unpaired) electrons. The van der Waals surface area contributed by atoms with Crippen molar-refractivity contribution in [2.45, 2.75) is 52.1 Å². The summed E-state index contributed by atoms with van der Waals surface area (Å²) in [5, 5.41) is 12.5. The molecule has 2 atom stereocenters. The number of aromatic nitrogens is 1. The van der Waals surface area contributed by atoms with Gasteiger partial charge < -0.3 is 29.4 Å². The summed E-state index contributed by atoms with van der Waals surface area (Å²) in [5.41, 5.74) is 0.202. The fraction of sp³-hybridized carbons (Fsp3) is 0.565. The van der Waals surface area contributed by atoms with Gasteiger partial charge in [0.1, 0.15) is 5.69 Å².